The van der Waals surface area contributed by atoms with Gasteiger partial charge in [-0.25, -0.2) is 0 Å². The summed E-state index contributed by atoms with van der Waals surface area (Å²) in [5.41, 5.74) is 34.1. The topological polar surface area (TPSA) is 87.7 Å². The zero-order valence-corrected chi connectivity index (χ0v) is 71.5. The summed E-state index contributed by atoms with van der Waals surface area (Å²) in [6, 6.07) is 133. The Morgan fingerprint density at radius 3 is 0.935 bits per heavy atom. The predicted octanol–water partition coefficient (Wildman–Crippen LogP) is 28.4. The largest absolute Gasteiger partial charge is 0.310 e. The van der Waals surface area contributed by atoms with Gasteiger partial charge in [0.25, 0.3) is 6.71 Å². The third-order valence-corrected chi connectivity index (χ3v) is 25.6. The van der Waals surface area contributed by atoms with E-state index in [2.05, 4.69) is 430 Å². The molecule has 0 aliphatic carbocycles. The normalized spacial score (nSPS) is 12.6. The van der Waals surface area contributed by atoms with Crippen LogP contribution < -0.4 is 26.2 Å². The second kappa shape index (κ2) is 29.3. The average Bonchev–Trinajstić information content (AvgIpc) is 1.25. The third kappa shape index (κ3) is 13.1. The number of rotatable bonds is 11. The molecule has 16 aromatic carbocycles. The summed E-state index contributed by atoms with van der Waals surface area (Å²) in [7, 11) is 0. The van der Waals surface area contributed by atoms with Gasteiger partial charge in [-0.3, -0.25) is 0 Å². The first kappa shape index (κ1) is 76.9. The van der Waals surface area contributed by atoms with Gasteiger partial charge in [0.05, 0.1) is 68.3 Å². The minimum absolute atomic E-state index is 0.262. The van der Waals surface area contributed by atoms with Crippen LogP contribution in [0.4, 0.5) is 34.1 Å². The van der Waals surface area contributed by atoms with Crippen LogP contribution in [0.3, 0.4) is 0 Å². The van der Waals surface area contributed by atoms with Gasteiger partial charge >= 0.3 is 0 Å². The van der Waals surface area contributed by atoms with Crippen LogP contribution in [0.15, 0.2) is 340 Å². The number of hydrogen-bond acceptors (Lipinski definition) is 5. The quantitative estimate of drug-likeness (QED) is 0.120. The lowest BCUT2D eigenvalue weighted by Crippen LogP contribution is -2.61. The van der Waals surface area contributed by atoms with Gasteiger partial charge < -0.3 is 18.9 Å². The van der Waals surface area contributed by atoms with Crippen LogP contribution in [0, 0.1) is 34.0 Å². The number of anilines is 6. The summed E-state index contributed by atoms with van der Waals surface area (Å²) in [4.78, 5) is 5.32. The Labute approximate surface area is 721 Å². The molecular formula is C115H92BN7. The molecule has 20 rings (SSSR count). The molecule has 0 unspecified atom stereocenters. The van der Waals surface area contributed by atoms with Crippen LogP contribution in [-0.4, -0.2) is 15.8 Å². The van der Waals surface area contributed by atoms with Crippen molar-refractivity contribution in [3.05, 3.63) is 379 Å². The third-order valence-electron chi connectivity index (χ3n) is 25.6. The van der Waals surface area contributed by atoms with Gasteiger partial charge in [-0.05, 0) is 220 Å². The number of fused-ring (bicyclic) bond motifs is 10. The first-order chi connectivity index (χ1) is 59.4. The van der Waals surface area contributed by atoms with E-state index in [0.717, 1.165) is 167 Å². The van der Waals surface area contributed by atoms with E-state index >= 15 is 0 Å². The molecule has 0 saturated heterocycles. The lowest BCUT2D eigenvalue weighted by molar-refractivity contribution is 0.568. The predicted molar refractivity (Wildman–Crippen MR) is 516 cm³/mol. The smallest absolute Gasteiger partial charge is 0.252 e. The summed E-state index contributed by atoms with van der Waals surface area (Å²) in [5, 5.41) is 37.9. The molecule has 0 saturated carbocycles. The molecule has 0 spiro atoms. The van der Waals surface area contributed by atoms with Gasteiger partial charge in [0.2, 0.25) is 0 Å². The average molecular weight is 1580 g/mol. The van der Waals surface area contributed by atoms with E-state index in [1.807, 2.05) is 30.3 Å². The Hall–Kier alpha value is -14.7. The molecule has 18 aromatic rings. The Bertz CT molecular complexity index is 7300. The first-order valence-corrected chi connectivity index (χ1v) is 42.7. The maximum absolute atomic E-state index is 11.4. The van der Waals surface area contributed by atoms with Gasteiger partial charge in [-0.2, -0.15) is 15.8 Å². The number of benzene rings is 16. The van der Waals surface area contributed by atoms with Crippen LogP contribution in [0.1, 0.15) is 122 Å². The zero-order chi connectivity index (χ0) is 84.7. The van der Waals surface area contributed by atoms with Crippen LogP contribution in [-0.2, 0) is 21.7 Å². The van der Waals surface area contributed by atoms with Crippen molar-refractivity contribution in [2.75, 3.05) is 9.80 Å². The highest BCUT2D eigenvalue weighted by Crippen LogP contribution is 2.57. The van der Waals surface area contributed by atoms with E-state index in [1.165, 1.54) is 33.0 Å². The van der Waals surface area contributed by atoms with Crippen molar-refractivity contribution in [3.8, 4) is 107 Å². The molecule has 0 atom stereocenters. The molecule has 0 amide bonds. The molecule has 2 aliphatic heterocycles. The summed E-state index contributed by atoms with van der Waals surface area (Å²) in [6.45, 7) is 27.4. The molecule has 7 nitrogen and oxygen atoms in total. The highest BCUT2D eigenvalue weighted by Gasteiger charge is 2.47. The second-order valence-corrected chi connectivity index (χ2v) is 37.4. The van der Waals surface area contributed by atoms with Gasteiger partial charge in [0.1, 0.15) is 0 Å². The van der Waals surface area contributed by atoms with Crippen molar-refractivity contribution in [2.24, 2.45) is 0 Å². The molecule has 2 aliphatic rings. The Morgan fingerprint density at radius 2 is 0.577 bits per heavy atom. The number of nitriles is 3. The molecule has 4 heterocycles. The fraction of sp³-hybridized carbons (Fsp3) is 0.139. The van der Waals surface area contributed by atoms with E-state index < -0.39 is 6.71 Å². The molecule has 2 aromatic heterocycles. The number of para-hydroxylation sites is 4. The van der Waals surface area contributed by atoms with Gasteiger partial charge in [-0.15, -0.1) is 0 Å². The lowest BCUT2D eigenvalue weighted by Gasteiger charge is -2.46. The van der Waals surface area contributed by atoms with E-state index in [1.54, 1.807) is 0 Å². The lowest BCUT2D eigenvalue weighted by atomic mass is 9.33. The fourth-order valence-electron chi connectivity index (χ4n) is 19.2. The fourth-order valence-corrected chi connectivity index (χ4v) is 19.2. The maximum Gasteiger partial charge on any atom is 0.252 e. The van der Waals surface area contributed by atoms with E-state index in [-0.39, 0.29) is 21.7 Å². The van der Waals surface area contributed by atoms with Crippen LogP contribution in [0.25, 0.3) is 133 Å². The standard InChI is InChI=1S/C115H92BN7/c1-112(2,3)84-55-81(56-85(65-84)113(4,5)6)96-60-79(74-49-47-72(69-117)48-50-74)59-94(75-33-18-14-19-34-75)110(96)122-104-67-88(120-100-43-26-22-39-90(100)91-40-23-27-44-101(91)120)51-53-98(104)116-99-54-52-89(121-102-45-28-24-41-92(102)93-42-25-29-46-103(93)121)68-105(99)123(107-64-80(63-106(122)109(107)116)73-31-16-13-17-32-73)111-95(76-35-20-15-21-36-76)61-83(108-77(70-118)37-30-38-78(108)71-119)62-97(111)82-57-86(114(7,8)9)66-87(58-82)115(10,11)12/h13-68H,1-12H3. The van der Waals surface area contributed by atoms with Gasteiger partial charge in [0.15, 0.2) is 0 Å². The van der Waals surface area contributed by atoms with Crippen LogP contribution in [0.5, 0.6) is 0 Å². The molecule has 123 heavy (non-hydrogen) atoms. The van der Waals surface area contributed by atoms with Crippen molar-refractivity contribution in [3.63, 3.8) is 0 Å². The molecule has 8 heteroatoms. The van der Waals surface area contributed by atoms with E-state index in [4.69, 9.17) is 0 Å². The van der Waals surface area contributed by atoms with Gasteiger partial charge in [0, 0.05) is 83.5 Å². The molecule has 0 radical (unpaired) electrons. The summed E-state index contributed by atoms with van der Waals surface area (Å²) in [5.74, 6) is 0. The molecule has 590 valence electrons. The monoisotopic (exact) mass is 1580 g/mol. The number of nitrogens with zero attached hydrogens (tertiary/aromatic N) is 7. The Balaban J connectivity index is 1.02. The second-order valence-electron chi connectivity index (χ2n) is 37.4. The van der Waals surface area contributed by atoms with Crippen LogP contribution >= 0.6 is 0 Å². The number of aromatic nitrogens is 2. The SMILES string of the molecule is CC(C)(C)c1cc(-c2cc(-c3ccc(C#N)cc3)cc(-c3ccccc3)c2N2c3cc(-n4c5ccccc5c5ccccc54)ccc3B3c4ccc(-n5c6ccccc6c6ccccc65)cc4N(c4c(-c5ccccc5)cc(-c5c(C#N)cccc5C#N)cc4-c4cc(C(C)(C)C)cc(C(C)(C)C)c4)c4cc(-c5ccccc5)cc2c43)cc(C(C)(C)C)c1. The molecular weight excluding hydrogens is 1490 g/mol. The van der Waals surface area contributed by atoms with Gasteiger partial charge in [-0.1, -0.05) is 314 Å². The summed E-state index contributed by atoms with van der Waals surface area (Å²) >= 11 is 0. The maximum atomic E-state index is 11.4. The van der Waals surface area contributed by atoms with Crippen molar-refractivity contribution >= 4 is 101 Å². The molecule has 0 N–H and O–H groups in total. The minimum atomic E-state index is -0.421. The van der Waals surface area contributed by atoms with Crippen LogP contribution in [0.2, 0.25) is 0 Å². The highest BCUT2D eigenvalue weighted by molar-refractivity contribution is 7.00. The number of hydrogen-bond donors (Lipinski definition) is 0. The van der Waals surface area contributed by atoms with E-state index in [9.17, 15) is 15.8 Å². The highest BCUT2D eigenvalue weighted by atomic mass is 15.2. The van der Waals surface area contributed by atoms with Crippen molar-refractivity contribution < 1.29 is 0 Å². The first-order valence-electron chi connectivity index (χ1n) is 42.7. The molecule has 0 bridgehead atoms. The van der Waals surface area contributed by atoms with E-state index in [0.29, 0.717) is 22.3 Å². The summed E-state index contributed by atoms with van der Waals surface area (Å²) in [6.07, 6.45) is 0. The summed E-state index contributed by atoms with van der Waals surface area (Å²) < 4.78 is 4.93. The Kier molecular flexibility index (Phi) is 18.3. The molecule has 0 fully saturated rings. The zero-order valence-electron chi connectivity index (χ0n) is 71.5. The van der Waals surface area contributed by atoms with Crippen molar-refractivity contribution in [1.29, 1.82) is 15.8 Å². The Morgan fingerprint density at radius 1 is 0.252 bits per heavy atom. The minimum Gasteiger partial charge on any atom is -0.310 e. The van der Waals surface area contributed by atoms with Crippen molar-refractivity contribution in [1.82, 2.24) is 9.13 Å². The van der Waals surface area contributed by atoms with Crippen molar-refractivity contribution in [2.45, 2.75) is 105 Å².